The maximum Gasteiger partial charge on any atom is 0.0282 e. The first kappa shape index (κ1) is 10.2. The summed E-state index contributed by atoms with van der Waals surface area (Å²) in [5, 5.41) is 3.71. The van der Waals surface area contributed by atoms with Crippen LogP contribution in [0, 0.1) is 17.8 Å². The Balaban J connectivity index is 1.42. The van der Waals surface area contributed by atoms with Gasteiger partial charge in [0.05, 0.1) is 0 Å². The first-order valence-electron chi connectivity index (χ1n) is 6.25. The SMILES string of the molecule is CSC1(CNCC2CC3C=CC2C3)CC1. The smallest absolute Gasteiger partial charge is 0.0282 e. The summed E-state index contributed by atoms with van der Waals surface area (Å²) in [4.78, 5) is 0. The second-order valence-electron chi connectivity index (χ2n) is 5.56. The Morgan fingerprint density at radius 1 is 1.33 bits per heavy atom. The quantitative estimate of drug-likeness (QED) is 0.719. The molecule has 0 saturated heterocycles. The summed E-state index contributed by atoms with van der Waals surface area (Å²) in [5.74, 6) is 2.78. The summed E-state index contributed by atoms with van der Waals surface area (Å²) in [6.45, 7) is 2.50. The van der Waals surface area contributed by atoms with Crippen LogP contribution in [-0.4, -0.2) is 24.1 Å². The Morgan fingerprint density at radius 3 is 2.73 bits per heavy atom. The Labute approximate surface area is 97.1 Å². The fourth-order valence-electron chi connectivity index (χ4n) is 3.21. The van der Waals surface area contributed by atoms with Crippen LogP contribution in [0.4, 0.5) is 0 Å². The highest BCUT2D eigenvalue weighted by Gasteiger charge is 2.42. The van der Waals surface area contributed by atoms with Crippen molar-refractivity contribution in [3.8, 4) is 0 Å². The lowest BCUT2D eigenvalue weighted by atomic mass is 9.93. The van der Waals surface area contributed by atoms with Crippen molar-refractivity contribution in [1.29, 1.82) is 0 Å². The molecule has 2 saturated carbocycles. The van der Waals surface area contributed by atoms with Crippen LogP contribution >= 0.6 is 11.8 Å². The standard InChI is InChI=1S/C13H21NS/c1-15-13(4-5-13)9-14-8-12-7-10-2-3-11(12)6-10/h2-3,10-12,14H,4-9H2,1H3. The maximum absolute atomic E-state index is 3.71. The van der Waals surface area contributed by atoms with E-state index in [4.69, 9.17) is 0 Å². The van der Waals surface area contributed by atoms with E-state index in [2.05, 4.69) is 35.5 Å². The number of nitrogens with one attached hydrogen (secondary N) is 1. The Hall–Kier alpha value is 0.0500. The maximum atomic E-state index is 3.71. The van der Waals surface area contributed by atoms with Crippen molar-refractivity contribution < 1.29 is 0 Å². The zero-order valence-electron chi connectivity index (χ0n) is 9.54. The number of fused-ring (bicyclic) bond motifs is 2. The van der Waals surface area contributed by atoms with Crippen LogP contribution in [-0.2, 0) is 0 Å². The molecule has 0 aromatic rings. The molecular formula is C13H21NS. The average molecular weight is 223 g/mol. The monoisotopic (exact) mass is 223 g/mol. The molecule has 84 valence electrons. The highest BCUT2D eigenvalue weighted by atomic mass is 32.2. The van der Waals surface area contributed by atoms with E-state index < -0.39 is 0 Å². The van der Waals surface area contributed by atoms with E-state index in [1.165, 1.54) is 38.8 Å². The fraction of sp³-hybridized carbons (Fsp3) is 0.846. The number of rotatable bonds is 5. The third kappa shape index (κ3) is 1.99. The van der Waals surface area contributed by atoms with Crippen molar-refractivity contribution in [2.24, 2.45) is 17.8 Å². The predicted octanol–water partition coefficient (Wildman–Crippen LogP) is 2.68. The molecule has 0 aromatic heterocycles. The van der Waals surface area contributed by atoms with Crippen LogP contribution in [0.5, 0.6) is 0 Å². The van der Waals surface area contributed by atoms with Gasteiger partial charge < -0.3 is 5.32 Å². The second kappa shape index (κ2) is 3.81. The Bertz CT molecular complexity index is 270. The largest absolute Gasteiger partial charge is 0.315 e. The van der Waals surface area contributed by atoms with E-state index in [0.717, 1.165) is 17.8 Å². The topological polar surface area (TPSA) is 12.0 Å². The molecule has 0 amide bonds. The molecule has 1 nitrogen and oxygen atoms in total. The first-order valence-corrected chi connectivity index (χ1v) is 7.48. The zero-order chi connectivity index (χ0) is 10.3. The molecule has 2 bridgehead atoms. The van der Waals surface area contributed by atoms with Crippen LogP contribution in [0.3, 0.4) is 0 Å². The van der Waals surface area contributed by atoms with Gasteiger partial charge in [-0.2, -0.15) is 11.8 Å². The van der Waals surface area contributed by atoms with Crippen LogP contribution < -0.4 is 5.32 Å². The van der Waals surface area contributed by atoms with Gasteiger partial charge in [-0.1, -0.05) is 12.2 Å². The van der Waals surface area contributed by atoms with Gasteiger partial charge in [-0.25, -0.2) is 0 Å². The van der Waals surface area contributed by atoms with Crippen molar-refractivity contribution in [2.45, 2.75) is 30.4 Å². The molecule has 0 aliphatic heterocycles. The molecule has 0 aromatic carbocycles. The van der Waals surface area contributed by atoms with Gasteiger partial charge in [0.25, 0.3) is 0 Å². The minimum absolute atomic E-state index is 0.632. The van der Waals surface area contributed by atoms with Gasteiger partial charge >= 0.3 is 0 Å². The lowest BCUT2D eigenvalue weighted by molar-refractivity contribution is 0.414. The second-order valence-corrected chi connectivity index (χ2v) is 6.83. The highest BCUT2D eigenvalue weighted by molar-refractivity contribution is 8.00. The van der Waals surface area contributed by atoms with Crippen molar-refractivity contribution in [1.82, 2.24) is 5.32 Å². The number of allylic oxidation sites excluding steroid dienone is 2. The van der Waals surface area contributed by atoms with Gasteiger partial charge in [-0.05, 0) is 56.2 Å². The van der Waals surface area contributed by atoms with E-state index in [1.54, 1.807) is 0 Å². The van der Waals surface area contributed by atoms with Gasteiger partial charge in [0.1, 0.15) is 0 Å². The molecule has 0 spiro atoms. The normalized spacial score (nSPS) is 39.9. The van der Waals surface area contributed by atoms with Crippen molar-refractivity contribution in [3.63, 3.8) is 0 Å². The van der Waals surface area contributed by atoms with Crippen LogP contribution in [0.15, 0.2) is 12.2 Å². The molecule has 2 fully saturated rings. The summed E-state index contributed by atoms with van der Waals surface area (Å²) in [7, 11) is 0. The van der Waals surface area contributed by atoms with E-state index in [0.29, 0.717) is 4.75 Å². The third-order valence-electron chi connectivity index (χ3n) is 4.51. The minimum Gasteiger partial charge on any atom is -0.315 e. The van der Waals surface area contributed by atoms with Crippen LogP contribution in [0.25, 0.3) is 0 Å². The van der Waals surface area contributed by atoms with E-state index in [-0.39, 0.29) is 0 Å². The van der Waals surface area contributed by atoms with Gasteiger partial charge in [0, 0.05) is 11.3 Å². The molecule has 3 rings (SSSR count). The number of hydrogen-bond donors (Lipinski definition) is 1. The minimum atomic E-state index is 0.632. The van der Waals surface area contributed by atoms with Gasteiger partial charge in [0.2, 0.25) is 0 Å². The Morgan fingerprint density at radius 2 is 2.20 bits per heavy atom. The molecule has 3 unspecified atom stereocenters. The molecule has 1 N–H and O–H groups in total. The third-order valence-corrected chi connectivity index (χ3v) is 5.93. The molecule has 0 heterocycles. The number of hydrogen-bond acceptors (Lipinski definition) is 2. The molecule has 3 atom stereocenters. The van der Waals surface area contributed by atoms with Crippen molar-refractivity contribution in [3.05, 3.63) is 12.2 Å². The zero-order valence-corrected chi connectivity index (χ0v) is 10.4. The summed E-state index contributed by atoms with van der Waals surface area (Å²) in [6, 6.07) is 0. The number of thioether (sulfide) groups is 1. The molecule has 3 aliphatic rings. The predicted molar refractivity (Wildman–Crippen MR) is 67.2 cm³/mol. The summed E-state index contributed by atoms with van der Waals surface area (Å²) in [6.07, 6.45) is 12.9. The van der Waals surface area contributed by atoms with Crippen molar-refractivity contribution >= 4 is 11.8 Å². The molecule has 15 heavy (non-hydrogen) atoms. The van der Waals surface area contributed by atoms with E-state index in [9.17, 15) is 0 Å². The summed E-state index contributed by atoms with van der Waals surface area (Å²) < 4.78 is 0.632. The van der Waals surface area contributed by atoms with Gasteiger partial charge in [0.15, 0.2) is 0 Å². The van der Waals surface area contributed by atoms with Gasteiger partial charge in [-0.15, -0.1) is 0 Å². The molecular weight excluding hydrogens is 202 g/mol. The average Bonchev–Trinajstić information content (AvgIpc) is 2.73. The molecule has 2 heteroatoms. The summed E-state index contributed by atoms with van der Waals surface area (Å²) in [5.41, 5.74) is 0. The lowest BCUT2D eigenvalue weighted by Crippen LogP contribution is -2.31. The Kier molecular flexibility index (Phi) is 2.60. The lowest BCUT2D eigenvalue weighted by Gasteiger charge is -2.20. The van der Waals surface area contributed by atoms with E-state index in [1.807, 2.05) is 0 Å². The van der Waals surface area contributed by atoms with Crippen molar-refractivity contribution in [2.75, 3.05) is 19.3 Å². The highest BCUT2D eigenvalue weighted by Crippen LogP contribution is 2.47. The molecule has 3 aliphatic carbocycles. The fourth-order valence-corrected chi connectivity index (χ4v) is 3.96. The van der Waals surface area contributed by atoms with Crippen LogP contribution in [0.2, 0.25) is 0 Å². The summed E-state index contributed by atoms with van der Waals surface area (Å²) >= 11 is 2.06. The molecule has 0 radical (unpaired) electrons. The first-order chi connectivity index (χ1) is 7.31. The van der Waals surface area contributed by atoms with Crippen LogP contribution in [0.1, 0.15) is 25.7 Å². The van der Waals surface area contributed by atoms with Gasteiger partial charge in [-0.3, -0.25) is 0 Å². The van der Waals surface area contributed by atoms with E-state index >= 15 is 0 Å².